The highest BCUT2D eigenvalue weighted by molar-refractivity contribution is 6.30. The molecule has 1 aliphatic rings. The third kappa shape index (κ3) is 5.87. The highest BCUT2D eigenvalue weighted by Gasteiger charge is 2.25. The van der Waals surface area contributed by atoms with Crippen molar-refractivity contribution in [2.75, 3.05) is 23.7 Å². The van der Waals surface area contributed by atoms with E-state index in [2.05, 4.69) is 52.1 Å². The number of benzene rings is 2. The molecule has 32 heavy (non-hydrogen) atoms. The first-order valence-electron chi connectivity index (χ1n) is 11.1. The minimum atomic E-state index is -0.192. The molecule has 2 heterocycles. The maximum Gasteiger partial charge on any atom is 0.258 e. The van der Waals surface area contributed by atoms with Gasteiger partial charge in [0.15, 0.2) is 0 Å². The molecule has 6 heteroatoms. The smallest absolute Gasteiger partial charge is 0.258 e. The monoisotopic (exact) mass is 448 g/mol. The standard InChI is InChI=1S/C26H29ClN4O/c1-18-6-8-19(9-7-18)16-24(20-12-14-28-15-13-20)30-23-5-3-2-4-22(23)26(32)31-25-11-10-21(27)17-29-25/h2-11,17,20,24,28,30H,12-16H2,1H3,(H,29,31,32). The van der Waals surface area contributed by atoms with Crippen LogP contribution in [0.2, 0.25) is 5.02 Å². The third-order valence-electron chi connectivity index (χ3n) is 6.01. The number of carbonyl (C=O) groups excluding carboxylic acids is 1. The first kappa shape index (κ1) is 22.3. The largest absolute Gasteiger partial charge is 0.381 e. The summed E-state index contributed by atoms with van der Waals surface area (Å²) in [5, 5.41) is 10.6. The van der Waals surface area contributed by atoms with Crippen LogP contribution in [0.1, 0.15) is 34.3 Å². The number of rotatable bonds is 7. The first-order chi connectivity index (χ1) is 15.6. The summed E-state index contributed by atoms with van der Waals surface area (Å²) in [6.45, 7) is 4.17. The van der Waals surface area contributed by atoms with Gasteiger partial charge in [0.25, 0.3) is 5.91 Å². The number of amides is 1. The van der Waals surface area contributed by atoms with Crippen LogP contribution in [-0.2, 0) is 6.42 Å². The molecule has 1 aromatic heterocycles. The average molecular weight is 449 g/mol. The number of hydrogen-bond acceptors (Lipinski definition) is 4. The Morgan fingerprint density at radius 2 is 1.84 bits per heavy atom. The number of hydrogen-bond donors (Lipinski definition) is 3. The molecule has 1 saturated heterocycles. The molecule has 1 amide bonds. The summed E-state index contributed by atoms with van der Waals surface area (Å²) in [4.78, 5) is 17.2. The van der Waals surface area contributed by atoms with Crippen molar-refractivity contribution in [3.8, 4) is 0 Å². The van der Waals surface area contributed by atoms with Crippen LogP contribution in [0.5, 0.6) is 0 Å². The Bertz CT molecular complexity index is 1030. The van der Waals surface area contributed by atoms with Gasteiger partial charge < -0.3 is 16.0 Å². The molecule has 1 fully saturated rings. The molecular weight excluding hydrogens is 420 g/mol. The molecule has 166 valence electrons. The number of aryl methyl sites for hydroxylation is 1. The topological polar surface area (TPSA) is 66.0 Å². The van der Waals surface area contributed by atoms with Gasteiger partial charge in [-0.05, 0) is 75.0 Å². The van der Waals surface area contributed by atoms with Gasteiger partial charge in [-0.15, -0.1) is 0 Å². The van der Waals surface area contributed by atoms with E-state index >= 15 is 0 Å². The Kier molecular flexibility index (Phi) is 7.40. The number of para-hydroxylation sites is 1. The van der Waals surface area contributed by atoms with Gasteiger partial charge in [-0.2, -0.15) is 0 Å². The molecule has 2 aromatic carbocycles. The molecule has 1 unspecified atom stereocenters. The van der Waals surface area contributed by atoms with E-state index in [1.54, 1.807) is 12.1 Å². The molecule has 0 radical (unpaired) electrons. The fourth-order valence-corrected chi connectivity index (χ4v) is 4.31. The summed E-state index contributed by atoms with van der Waals surface area (Å²) in [6, 6.07) is 20.1. The quantitative estimate of drug-likeness (QED) is 0.457. The SMILES string of the molecule is Cc1ccc(CC(Nc2ccccc2C(=O)Nc2ccc(Cl)cn2)C2CCNCC2)cc1. The summed E-state index contributed by atoms with van der Waals surface area (Å²) in [5.41, 5.74) is 4.01. The van der Waals surface area contributed by atoms with E-state index < -0.39 is 0 Å². The minimum Gasteiger partial charge on any atom is -0.381 e. The first-order valence-corrected chi connectivity index (χ1v) is 11.5. The zero-order valence-corrected chi connectivity index (χ0v) is 19.0. The molecular formula is C26H29ClN4O. The molecule has 0 aliphatic carbocycles. The van der Waals surface area contributed by atoms with Crippen molar-refractivity contribution in [3.05, 3.63) is 88.6 Å². The van der Waals surface area contributed by atoms with Gasteiger partial charge in [0.1, 0.15) is 5.82 Å². The second kappa shape index (κ2) is 10.6. The number of pyridine rings is 1. The van der Waals surface area contributed by atoms with Crippen LogP contribution in [0.15, 0.2) is 66.9 Å². The second-order valence-electron chi connectivity index (χ2n) is 8.39. The Balaban J connectivity index is 1.55. The molecule has 3 N–H and O–H groups in total. The number of anilines is 2. The Hall–Kier alpha value is -2.89. The molecule has 0 saturated carbocycles. The van der Waals surface area contributed by atoms with Crippen LogP contribution in [0.3, 0.4) is 0 Å². The third-order valence-corrected chi connectivity index (χ3v) is 6.23. The van der Waals surface area contributed by atoms with Crippen LogP contribution in [0.25, 0.3) is 0 Å². The van der Waals surface area contributed by atoms with E-state index in [-0.39, 0.29) is 11.9 Å². The number of carbonyl (C=O) groups is 1. The molecule has 3 aromatic rings. The van der Waals surface area contributed by atoms with Gasteiger partial charge in [-0.1, -0.05) is 53.6 Å². The van der Waals surface area contributed by atoms with Crippen molar-refractivity contribution in [2.45, 2.75) is 32.2 Å². The summed E-state index contributed by atoms with van der Waals surface area (Å²) in [7, 11) is 0. The van der Waals surface area contributed by atoms with Crippen molar-refractivity contribution >= 4 is 29.0 Å². The van der Waals surface area contributed by atoms with Crippen molar-refractivity contribution in [3.63, 3.8) is 0 Å². The van der Waals surface area contributed by atoms with E-state index in [0.29, 0.717) is 22.3 Å². The normalized spacial score (nSPS) is 15.2. The van der Waals surface area contributed by atoms with Crippen molar-refractivity contribution in [2.24, 2.45) is 5.92 Å². The van der Waals surface area contributed by atoms with Crippen molar-refractivity contribution in [1.29, 1.82) is 0 Å². The fraction of sp³-hybridized carbons (Fsp3) is 0.308. The maximum absolute atomic E-state index is 13.0. The van der Waals surface area contributed by atoms with E-state index in [9.17, 15) is 4.79 Å². The number of piperidine rings is 1. The van der Waals surface area contributed by atoms with E-state index in [4.69, 9.17) is 11.6 Å². The highest BCUT2D eigenvalue weighted by atomic mass is 35.5. The summed E-state index contributed by atoms with van der Waals surface area (Å²) >= 11 is 5.91. The van der Waals surface area contributed by atoms with Gasteiger partial charge >= 0.3 is 0 Å². The molecule has 0 spiro atoms. The van der Waals surface area contributed by atoms with Crippen LogP contribution in [0, 0.1) is 12.8 Å². The zero-order chi connectivity index (χ0) is 22.3. The lowest BCUT2D eigenvalue weighted by atomic mass is 9.86. The summed E-state index contributed by atoms with van der Waals surface area (Å²) in [6.07, 6.45) is 4.68. The Morgan fingerprint density at radius 1 is 1.09 bits per heavy atom. The lowest BCUT2D eigenvalue weighted by molar-refractivity contribution is 0.102. The molecule has 1 atom stereocenters. The Labute approximate surface area is 194 Å². The lowest BCUT2D eigenvalue weighted by Gasteiger charge is -2.33. The number of halogens is 1. The van der Waals surface area contributed by atoms with Gasteiger partial charge in [-0.25, -0.2) is 4.98 Å². The van der Waals surface area contributed by atoms with Crippen LogP contribution < -0.4 is 16.0 Å². The van der Waals surface area contributed by atoms with Gasteiger partial charge in [0.2, 0.25) is 0 Å². The summed E-state index contributed by atoms with van der Waals surface area (Å²) < 4.78 is 0. The lowest BCUT2D eigenvalue weighted by Crippen LogP contribution is -2.39. The maximum atomic E-state index is 13.0. The fourth-order valence-electron chi connectivity index (χ4n) is 4.20. The molecule has 4 rings (SSSR count). The zero-order valence-electron chi connectivity index (χ0n) is 18.3. The minimum absolute atomic E-state index is 0.192. The average Bonchev–Trinajstić information content (AvgIpc) is 2.82. The van der Waals surface area contributed by atoms with Gasteiger partial charge in [0, 0.05) is 17.9 Å². The van der Waals surface area contributed by atoms with Gasteiger partial charge in [-0.3, -0.25) is 4.79 Å². The van der Waals surface area contributed by atoms with E-state index in [1.165, 1.54) is 17.3 Å². The van der Waals surface area contributed by atoms with E-state index in [1.807, 2.05) is 24.3 Å². The predicted molar refractivity (Wildman–Crippen MR) is 132 cm³/mol. The van der Waals surface area contributed by atoms with E-state index in [0.717, 1.165) is 38.0 Å². The number of nitrogens with one attached hydrogen (secondary N) is 3. The van der Waals surface area contributed by atoms with Crippen LogP contribution in [0.4, 0.5) is 11.5 Å². The van der Waals surface area contributed by atoms with Gasteiger partial charge in [0.05, 0.1) is 10.6 Å². The van der Waals surface area contributed by atoms with Crippen molar-refractivity contribution < 1.29 is 4.79 Å². The predicted octanol–water partition coefficient (Wildman–Crippen LogP) is 5.32. The van der Waals surface area contributed by atoms with Crippen LogP contribution >= 0.6 is 11.6 Å². The Morgan fingerprint density at radius 3 is 2.56 bits per heavy atom. The highest BCUT2D eigenvalue weighted by Crippen LogP contribution is 2.26. The molecule has 0 bridgehead atoms. The molecule has 1 aliphatic heterocycles. The second-order valence-corrected chi connectivity index (χ2v) is 8.83. The van der Waals surface area contributed by atoms with Crippen LogP contribution in [-0.4, -0.2) is 30.0 Å². The number of nitrogens with zero attached hydrogens (tertiary/aromatic N) is 1. The summed E-state index contributed by atoms with van der Waals surface area (Å²) in [5.74, 6) is 0.817. The van der Waals surface area contributed by atoms with Crippen molar-refractivity contribution in [1.82, 2.24) is 10.3 Å². The number of aromatic nitrogens is 1. The molecule has 5 nitrogen and oxygen atoms in total.